The molecule has 0 saturated heterocycles. The molecule has 12 heteroatoms. The summed E-state index contributed by atoms with van der Waals surface area (Å²) in [5.41, 5.74) is -1.17. The van der Waals surface area contributed by atoms with Crippen molar-refractivity contribution in [3.8, 4) is 11.7 Å². The maximum absolute atomic E-state index is 15.0. The van der Waals surface area contributed by atoms with Crippen LogP contribution in [0.4, 0.5) is 4.39 Å². The molecule has 32 heavy (non-hydrogen) atoms. The Labute approximate surface area is 186 Å². The summed E-state index contributed by atoms with van der Waals surface area (Å²) in [7, 11) is 0. The smallest absolute Gasteiger partial charge is 0.352 e. The van der Waals surface area contributed by atoms with Crippen molar-refractivity contribution < 1.29 is 19.0 Å². The van der Waals surface area contributed by atoms with Gasteiger partial charge in [0.1, 0.15) is 6.61 Å². The van der Waals surface area contributed by atoms with Gasteiger partial charge in [0.05, 0.1) is 23.1 Å². The molecule has 3 heterocycles. The summed E-state index contributed by atoms with van der Waals surface area (Å²) in [5, 5.41) is 13.5. The highest BCUT2D eigenvalue weighted by atomic mass is 35.5. The van der Waals surface area contributed by atoms with Gasteiger partial charge in [0.15, 0.2) is 23.2 Å². The summed E-state index contributed by atoms with van der Waals surface area (Å²) >= 11 is 6.04. The van der Waals surface area contributed by atoms with Crippen molar-refractivity contribution in [2.24, 2.45) is 0 Å². The van der Waals surface area contributed by atoms with E-state index in [4.69, 9.17) is 16.3 Å². The molecular formula is C20H21ClFN5O5. The van der Waals surface area contributed by atoms with Gasteiger partial charge in [-0.1, -0.05) is 11.6 Å². The minimum Gasteiger partial charge on any atom is -0.474 e. The minimum atomic E-state index is -0.996. The number of ketones is 1. The topological polar surface area (TPSA) is 132 Å². The van der Waals surface area contributed by atoms with E-state index >= 15 is 0 Å². The van der Waals surface area contributed by atoms with Gasteiger partial charge in [-0.05, 0) is 32.9 Å². The fourth-order valence-electron chi connectivity index (χ4n) is 3.02. The lowest BCUT2D eigenvalue weighted by molar-refractivity contribution is 0.0984. The van der Waals surface area contributed by atoms with Crippen LogP contribution in [0.2, 0.25) is 5.02 Å². The molecule has 10 nitrogen and oxygen atoms in total. The predicted octanol–water partition coefficient (Wildman–Crippen LogP) is 1.63. The second kappa shape index (κ2) is 9.45. The van der Waals surface area contributed by atoms with E-state index in [1.54, 1.807) is 20.8 Å². The number of Topliss-reactive ketones (excluding diaryl/α,β-unsaturated/α-hetero) is 1. The largest absolute Gasteiger partial charge is 0.474 e. The summed E-state index contributed by atoms with van der Waals surface area (Å²) in [5.74, 6) is -2.25. The number of nitrogens with one attached hydrogen (secondary N) is 1. The van der Waals surface area contributed by atoms with Crippen molar-refractivity contribution in [2.75, 3.05) is 0 Å². The predicted molar refractivity (Wildman–Crippen MR) is 113 cm³/mol. The average molecular weight is 466 g/mol. The van der Waals surface area contributed by atoms with Gasteiger partial charge in [0, 0.05) is 18.3 Å². The first-order chi connectivity index (χ1) is 15.2. The second-order valence-electron chi connectivity index (χ2n) is 7.08. The van der Waals surface area contributed by atoms with Gasteiger partial charge in [0.2, 0.25) is 11.4 Å². The van der Waals surface area contributed by atoms with Gasteiger partial charge in [-0.2, -0.15) is 9.67 Å². The van der Waals surface area contributed by atoms with Gasteiger partial charge < -0.3 is 14.8 Å². The van der Waals surface area contributed by atoms with Crippen LogP contribution in [-0.4, -0.2) is 41.3 Å². The number of pyridine rings is 2. The Kier molecular flexibility index (Phi) is 6.90. The van der Waals surface area contributed by atoms with E-state index in [1.807, 2.05) is 0 Å². The standard InChI is InChI=1S/C20H21ClFN5O5/c1-4-26-16(9-28)25-27(20(26)31)18-13(22)7-11(19(24-18)32-10(2)3)15(29)8-14-12(21)5-6-17(30)23-14/h5-7,10,28H,4,8-9H2,1-3H3,(H,23,30). The molecule has 0 aliphatic rings. The average Bonchev–Trinajstić information content (AvgIpc) is 3.06. The van der Waals surface area contributed by atoms with Crippen LogP contribution in [0.15, 0.2) is 27.8 Å². The Morgan fingerprint density at radius 2 is 2.06 bits per heavy atom. The third-order valence-corrected chi connectivity index (χ3v) is 4.80. The third-order valence-electron chi connectivity index (χ3n) is 4.45. The van der Waals surface area contributed by atoms with Crippen LogP contribution < -0.4 is 16.0 Å². The lowest BCUT2D eigenvalue weighted by Crippen LogP contribution is -2.26. The van der Waals surface area contributed by atoms with Crippen molar-refractivity contribution in [1.82, 2.24) is 24.3 Å². The number of hydrogen-bond donors (Lipinski definition) is 2. The highest BCUT2D eigenvalue weighted by molar-refractivity contribution is 6.31. The van der Waals surface area contributed by atoms with Crippen LogP contribution >= 0.6 is 11.6 Å². The number of aliphatic hydroxyl groups excluding tert-OH is 1. The quantitative estimate of drug-likeness (QED) is 0.483. The van der Waals surface area contributed by atoms with Crippen LogP contribution in [0, 0.1) is 5.82 Å². The number of carbonyl (C=O) groups is 1. The molecule has 2 N–H and O–H groups in total. The third kappa shape index (κ3) is 4.63. The number of aromatic amines is 1. The van der Waals surface area contributed by atoms with Crippen LogP contribution in [0.25, 0.3) is 5.82 Å². The first kappa shape index (κ1) is 23.4. The van der Waals surface area contributed by atoms with Gasteiger partial charge in [-0.25, -0.2) is 9.18 Å². The molecule has 170 valence electrons. The monoisotopic (exact) mass is 465 g/mol. The van der Waals surface area contributed by atoms with E-state index in [0.29, 0.717) is 4.68 Å². The van der Waals surface area contributed by atoms with E-state index < -0.39 is 41.4 Å². The molecule has 0 spiro atoms. The number of rotatable bonds is 8. The highest BCUT2D eigenvalue weighted by Crippen LogP contribution is 2.24. The molecular weight excluding hydrogens is 445 g/mol. The Morgan fingerprint density at radius 1 is 1.34 bits per heavy atom. The van der Waals surface area contributed by atoms with Crippen molar-refractivity contribution in [1.29, 1.82) is 0 Å². The Balaban J connectivity index is 2.11. The molecule has 0 aliphatic carbocycles. The van der Waals surface area contributed by atoms with Gasteiger partial charge in [-0.15, -0.1) is 5.10 Å². The second-order valence-corrected chi connectivity index (χ2v) is 7.48. The summed E-state index contributed by atoms with van der Waals surface area (Å²) in [6.45, 7) is 4.72. The molecule has 0 saturated carbocycles. The lowest BCUT2D eigenvalue weighted by atomic mass is 10.1. The van der Waals surface area contributed by atoms with Crippen LogP contribution in [-0.2, 0) is 19.6 Å². The molecule has 0 amide bonds. The Morgan fingerprint density at radius 3 is 2.66 bits per heavy atom. The number of nitrogens with zero attached hydrogens (tertiary/aromatic N) is 4. The molecule has 3 aromatic heterocycles. The number of aromatic nitrogens is 5. The summed E-state index contributed by atoms with van der Waals surface area (Å²) < 4.78 is 22.5. The molecule has 0 aliphatic heterocycles. The molecule has 0 fully saturated rings. The molecule has 0 atom stereocenters. The van der Waals surface area contributed by atoms with E-state index in [0.717, 1.165) is 10.6 Å². The van der Waals surface area contributed by atoms with E-state index in [9.17, 15) is 23.9 Å². The molecule has 0 bridgehead atoms. The van der Waals surface area contributed by atoms with E-state index in [2.05, 4.69) is 15.1 Å². The van der Waals surface area contributed by atoms with E-state index in [1.165, 1.54) is 12.1 Å². The van der Waals surface area contributed by atoms with Crippen LogP contribution in [0.3, 0.4) is 0 Å². The minimum absolute atomic E-state index is 0.0351. The number of halogens is 2. The zero-order valence-electron chi connectivity index (χ0n) is 17.6. The number of hydrogen-bond acceptors (Lipinski definition) is 7. The first-order valence-corrected chi connectivity index (χ1v) is 10.1. The fourth-order valence-corrected chi connectivity index (χ4v) is 3.19. The molecule has 3 aromatic rings. The number of H-pyrrole nitrogens is 1. The van der Waals surface area contributed by atoms with Crippen LogP contribution in [0.5, 0.6) is 5.88 Å². The molecule has 0 radical (unpaired) electrons. The van der Waals surface area contributed by atoms with Crippen molar-refractivity contribution in [2.45, 2.75) is 46.4 Å². The fraction of sp³-hybridized carbons (Fsp3) is 0.350. The lowest BCUT2D eigenvalue weighted by Gasteiger charge is -2.14. The Hall–Kier alpha value is -3.31. The van der Waals surface area contributed by atoms with Crippen molar-refractivity contribution in [3.63, 3.8) is 0 Å². The zero-order chi connectivity index (χ0) is 23.6. The van der Waals surface area contributed by atoms with Gasteiger partial charge >= 0.3 is 5.69 Å². The summed E-state index contributed by atoms with van der Waals surface area (Å²) in [6, 6.07) is 3.46. The zero-order valence-corrected chi connectivity index (χ0v) is 18.3. The van der Waals surface area contributed by atoms with E-state index in [-0.39, 0.29) is 40.9 Å². The van der Waals surface area contributed by atoms with Crippen molar-refractivity contribution in [3.05, 3.63) is 67.0 Å². The molecule has 3 rings (SSSR count). The Bertz CT molecular complexity index is 1280. The number of aliphatic hydroxyl groups is 1. The summed E-state index contributed by atoms with van der Waals surface area (Å²) in [4.78, 5) is 43.6. The maximum Gasteiger partial charge on any atom is 0.352 e. The van der Waals surface area contributed by atoms with Gasteiger partial charge in [-0.3, -0.25) is 14.2 Å². The normalized spacial score (nSPS) is 11.2. The number of carbonyl (C=O) groups excluding carboxylic acids is 1. The SMILES string of the molecule is CCn1c(CO)nn(-c2nc(OC(C)C)c(C(=O)Cc3[nH]c(=O)ccc3Cl)cc2F)c1=O. The molecule has 0 aromatic carbocycles. The molecule has 0 unspecified atom stereocenters. The maximum atomic E-state index is 15.0. The van der Waals surface area contributed by atoms with Crippen LogP contribution in [0.1, 0.15) is 42.6 Å². The van der Waals surface area contributed by atoms with Crippen molar-refractivity contribution >= 4 is 17.4 Å². The summed E-state index contributed by atoms with van der Waals surface area (Å²) in [6.07, 6.45) is -0.756. The van der Waals surface area contributed by atoms with Gasteiger partial charge in [0.25, 0.3) is 0 Å². The number of ether oxygens (including phenoxy) is 1. The highest BCUT2D eigenvalue weighted by Gasteiger charge is 2.24. The first-order valence-electron chi connectivity index (χ1n) is 9.74.